The van der Waals surface area contributed by atoms with Gasteiger partial charge in [0, 0.05) is 18.0 Å². The van der Waals surface area contributed by atoms with E-state index in [1.165, 1.54) is 82.6 Å². The first kappa shape index (κ1) is 25.1. The quantitative estimate of drug-likeness (QED) is 0.189. The number of aromatic nitrogens is 2. The molecule has 1 aromatic heterocycles. The highest BCUT2D eigenvalue weighted by Gasteiger charge is 2.03. The molecule has 0 saturated carbocycles. The first-order chi connectivity index (χ1) is 15.3. The zero-order valence-corrected chi connectivity index (χ0v) is 19.8. The average molecular weight is 423 g/mol. The minimum Gasteiger partial charge on any atom is -0.465 e. The lowest BCUT2D eigenvalue weighted by atomic mass is 10.1. The number of hydrogen-bond donors (Lipinski definition) is 0. The molecule has 0 amide bonds. The molecule has 0 saturated heterocycles. The summed E-state index contributed by atoms with van der Waals surface area (Å²) in [6.07, 6.45) is 25.9. The Balaban J connectivity index is 1.67. The van der Waals surface area contributed by atoms with Gasteiger partial charge in [-0.1, -0.05) is 78.1 Å². The summed E-state index contributed by atoms with van der Waals surface area (Å²) in [6, 6.07) is 8.02. The maximum Gasteiger partial charge on any atom is 0.159 e. The largest absolute Gasteiger partial charge is 0.465 e. The van der Waals surface area contributed by atoms with Gasteiger partial charge >= 0.3 is 0 Å². The Labute approximate surface area is 190 Å². The van der Waals surface area contributed by atoms with E-state index in [0.29, 0.717) is 0 Å². The maximum atomic E-state index is 5.72. The molecule has 2 rings (SSSR count). The van der Waals surface area contributed by atoms with Crippen LogP contribution in [0.1, 0.15) is 103 Å². The van der Waals surface area contributed by atoms with Crippen molar-refractivity contribution in [2.75, 3.05) is 0 Å². The standard InChI is InChI=1S/C28H42N2O/c1-3-5-7-9-11-12-14-16-22-31-27-20-18-26(19-21-27)28-29-23-25(24-30-28)17-15-13-10-8-6-4-2/h16,18-24H,3-15,17H2,1-2H3/b22-16-. The monoisotopic (exact) mass is 422 g/mol. The minimum absolute atomic E-state index is 0.775. The zero-order chi connectivity index (χ0) is 22.0. The van der Waals surface area contributed by atoms with Gasteiger partial charge in [0.2, 0.25) is 0 Å². The Morgan fingerprint density at radius 2 is 1.29 bits per heavy atom. The van der Waals surface area contributed by atoms with Gasteiger partial charge < -0.3 is 4.74 Å². The second kappa shape index (κ2) is 16.5. The number of nitrogens with zero attached hydrogens (tertiary/aromatic N) is 2. The van der Waals surface area contributed by atoms with Gasteiger partial charge in [-0.2, -0.15) is 0 Å². The first-order valence-electron chi connectivity index (χ1n) is 12.6. The van der Waals surface area contributed by atoms with Crippen LogP contribution in [0.4, 0.5) is 0 Å². The number of ether oxygens (including phenoxy) is 1. The van der Waals surface area contributed by atoms with E-state index in [-0.39, 0.29) is 0 Å². The Hall–Kier alpha value is -2.16. The molecule has 0 N–H and O–H groups in total. The van der Waals surface area contributed by atoms with Crippen LogP contribution in [0.5, 0.6) is 5.75 Å². The SMILES string of the molecule is CCCCCCCC/C=C\Oc1ccc(-c2ncc(CCCCCCCC)cn2)cc1. The third kappa shape index (κ3) is 11.1. The van der Waals surface area contributed by atoms with Crippen molar-refractivity contribution in [3.8, 4) is 17.1 Å². The number of aryl methyl sites for hydroxylation is 1. The molecule has 0 aliphatic heterocycles. The zero-order valence-electron chi connectivity index (χ0n) is 19.8. The molecule has 0 spiro atoms. The molecular formula is C28H42N2O. The average Bonchev–Trinajstić information content (AvgIpc) is 2.81. The Kier molecular flexibility index (Phi) is 13.4. The maximum absolute atomic E-state index is 5.72. The van der Waals surface area contributed by atoms with Crippen LogP contribution in [0.25, 0.3) is 11.4 Å². The number of benzene rings is 1. The molecule has 2 aromatic rings. The highest BCUT2D eigenvalue weighted by molar-refractivity contribution is 5.55. The highest BCUT2D eigenvalue weighted by atomic mass is 16.5. The third-order valence-corrected chi connectivity index (χ3v) is 5.66. The lowest BCUT2D eigenvalue weighted by Gasteiger charge is -2.05. The van der Waals surface area contributed by atoms with E-state index >= 15 is 0 Å². The fourth-order valence-electron chi connectivity index (χ4n) is 3.66. The smallest absolute Gasteiger partial charge is 0.159 e. The molecule has 0 bridgehead atoms. The van der Waals surface area contributed by atoms with Crippen molar-refractivity contribution in [2.45, 2.75) is 104 Å². The van der Waals surface area contributed by atoms with Crippen LogP contribution < -0.4 is 4.74 Å². The lowest BCUT2D eigenvalue weighted by Crippen LogP contribution is -1.93. The molecule has 0 unspecified atom stereocenters. The van der Waals surface area contributed by atoms with Crippen LogP contribution in [0.15, 0.2) is 49.0 Å². The highest BCUT2D eigenvalue weighted by Crippen LogP contribution is 2.20. The lowest BCUT2D eigenvalue weighted by molar-refractivity contribution is 0.477. The summed E-state index contributed by atoms with van der Waals surface area (Å²) in [7, 11) is 0. The fourth-order valence-corrected chi connectivity index (χ4v) is 3.66. The number of rotatable bonds is 17. The van der Waals surface area contributed by atoms with Crippen molar-refractivity contribution >= 4 is 0 Å². The van der Waals surface area contributed by atoms with E-state index in [1.807, 2.05) is 42.9 Å². The molecule has 3 heteroatoms. The molecule has 0 fully saturated rings. The third-order valence-electron chi connectivity index (χ3n) is 5.66. The van der Waals surface area contributed by atoms with E-state index in [0.717, 1.165) is 30.0 Å². The van der Waals surface area contributed by atoms with Gasteiger partial charge in [-0.3, -0.25) is 0 Å². The van der Waals surface area contributed by atoms with E-state index in [2.05, 4.69) is 29.9 Å². The number of hydrogen-bond acceptors (Lipinski definition) is 3. The molecule has 1 heterocycles. The molecular weight excluding hydrogens is 380 g/mol. The molecule has 0 atom stereocenters. The minimum atomic E-state index is 0.775. The second-order valence-electron chi connectivity index (χ2n) is 8.50. The molecule has 0 radical (unpaired) electrons. The second-order valence-corrected chi connectivity index (χ2v) is 8.50. The Bertz CT molecular complexity index is 707. The molecule has 31 heavy (non-hydrogen) atoms. The summed E-state index contributed by atoms with van der Waals surface area (Å²) >= 11 is 0. The normalized spacial score (nSPS) is 11.3. The van der Waals surface area contributed by atoms with Crippen LogP contribution in [0.3, 0.4) is 0 Å². The summed E-state index contributed by atoms with van der Waals surface area (Å²) < 4.78 is 5.72. The van der Waals surface area contributed by atoms with Crippen molar-refractivity contribution in [1.29, 1.82) is 0 Å². The van der Waals surface area contributed by atoms with Gasteiger partial charge in [0.05, 0.1) is 6.26 Å². The molecule has 0 aliphatic carbocycles. The van der Waals surface area contributed by atoms with Crippen LogP contribution >= 0.6 is 0 Å². The van der Waals surface area contributed by atoms with Crippen molar-refractivity contribution in [3.63, 3.8) is 0 Å². The van der Waals surface area contributed by atoms with Gasteiger partial charge in [-0.15, -0.1) is 0 Å². The van der Waals surface area contributed by atoms with E-state index < -0.39 is 0 Å². The van der Waals surface area contributed by atoms with Gasteiger partial charge in [0.1, 0.15) is 5.75 Å². The number of allylic oxidation sites excluding steroid dienone is 1. The van der Waals surface area contributed by atoms with Crippen LogP contribution in [0, 0.1) is 0 Å². The molecule has 0 aliphatic rings. The topological polar surface area (TPSA) is 35.0 Å². The Morgan fingerprint density at radius 3 is 1.94 bits per heavy atom. The van der Waals surface area contributed by atoms with Crippen molar-refractivity contribution in [1.82, 2.24) is 9.97 Å². The summed E-state index contributed by atoms with van der Waals surface area (Å²) in [5, 5.41) is 0. The van der Waals surface area contributed by atoms with Crippen LogP contribution in [0.2, 0.25) is 0 Å². The number of unbranched alkanes of at least 4 members (excludes halogenated alkanes) is 11. The van der Waals surface area contributed by atoms with E-state index in [9.17, 15) is 0 Å². The summed E-state index contributed by atoms with van der Waals surface area (Å²) in [4.78, 5) is 9.13. The first-order valence-corrected chi connectivity index (χ1v) is 12.6. The van der Waals surface area contributed by atoms with E-state index in [1.54, 1.807) is 0 Å². The molecule has 3 nitrogen and oxygen atoms in total. The summed E-state index contributed by atoms with van der Waals surface area (Å²) in [5.41, 5.74) is 2.25. The molecule has 170 valence electrons. The van der Waals surface area contributed by atoms with Gasteiger partial charge in [0.15, 0.2) is 5.82 Å². The summed E-state index contributed by atoms with van der Waals surface area (Å²) in [5.74, 6) is 1.62. The predicted molar refractivity (Wildman–Crippen MR) is 132 cm³/mol. The van der Waals surface area contributed by atoms with Gasteiger partial charge in [-0.25, -0.2) is 9.97 Å². The predicted octanol–water partition coefficient (Wildman–Crippen LogP) is 8.69. The van der Waals surface area contributed by atoms with E-state index in [4.69, 9.17) is 4.74 Å². The van der Waals surface area contributed by atoms with Crippen molar-refractivity contribution in [3.05, 3.63) is 54.6 Å². The Morgan fingerprint density at radius 1 is 0.710 bits per heavy atom. The van der Waals surface area contributed by atoms with Gasteiger partial charge in [0.25, 0.3) is 0 Å². The fraction of sp³-hybridized carbons (Fsp3) is 0.571. The van der Waals surface area contributed by atoms with Crippen LogP contribution in [-0.4, -0.2) is 9.97 Å². The molecule has 1 aromatic carbocycles. The van der Waals surface area contributed by atoms with Crippen molar-refractivity contribution in [2.24, 2.45) is 0 Å². The van der Waals surface area contributed by atoms with Crippen LogP contribution in [-0.2, 0) is 6.42 Å². The van der Waals surface area contributed by atoms with Gasteiger partial charge in [-0.05, 0) is 61.6 Å². The summed E-state index contributed by atoms with van der Waals surface area (Å²) in [6.45, 7) is 4.52. The van der Waals surface area contributed by atoms with Crippen molar-refractivity contribution < 1.29 is 4.74 Å².